The number of carbonyl (C=O) groups excluding carboxylic acids is 2. The lowest BCUT2D eigenvalue weighted by atomic mass is 10.2. The van der Waals surface area contributed by atoms with E-state index >= 15 is 0 Å². The van der Waals surface area contributed by atoms with Gasteiger partial charge in [-0.05, 0) is 24.3 Å². The predicted molar refractivity (Wildman–Crippen MR) is 110 cm³/mol. The maximum atomic E-state index is 12.1. The van der Waals surface area contributed by atoms with Crippen LogP contribution in [0.3, 0.4) is 0 Å². The van der Waals surface area contributed by atoms with E-state index < -0.39 is 0 Å². The van der Waals surface area contributed by atoms with Crippen LogP contribution in [0, 0.1) is 0 Å². The van der Waals surface area contributed by atoms with Gasteiger partial charge in [0.05, 0.1) is 15.9 Å². The topological polar surface area (TPSA) is 83.6 Å². The second kappa shape index (κ2) is 8.26. The van der Waals surface area contributed by atoms with Crippen LogP contribution >= 0.6 is 11.3 Å². The molecule has 0 aliphatic carbocycles. The van der Waals surface area contributed by atoms with Crippen LogP contribution in [0.25, 0.3) is 10.2 Å². The summed E-state index contributed by atoms with van der Waals surface area (Å²) in [7, 11) is 0. The Balaban J connectivity index is 1.22. The first kappa shape index (κ1) is 18.2. The van der Waals surface area contributed by atoms with Crippen molar-refractivity contribution < 1.29 is 14.3 Å². The summed E-state index contributed by atoms with van der Waals surface area (Å²) in [5.74, 6) is 0.439. The number of ether oxygens (including phenoxy) is 1. The lowest BCUT2D eigenvalue weighted by Gasteiger charge is -2.29. The third-order valence-electron chi connectivity index (χ3n) is 4.39. The first-order valence-electron chi connectivity index (χ1n) is 9.09. The van der Waals surface area contributed by atoms with E-state index in [2.05, 4.69) is 15.6 Å². The molecule has 28 heavy (non-hydrogen) atoms. The number of nitrogens with zero attached hydrogens (tertiary/aromatic N) is 2. The number of thiazole rings is 1. The molecule has 3 aromatic rings. The van der Waals surface area contributed by atoms with Crippen molar-refractivity contribution in [1.29, 1.82) is 0 Å². The molecule has 2 amide bonds. The van der Waals surface area contributed by atoms with Gasteiger partial charge in [0.2, 0.25) is 5.91 Å². The van der Waals surface area contributed by atoms with Gasteiger partial charge in [0.15, 0.2) is 11.7 Å². The van der Waals surface area contributed by atoms with Gasteiger partial charge in [-0.1, -0.05) is 35.6 Å². The van der Waals surface area contributed by atoms with Gasteiger partial charge < -0.3 is 20.3 Å². The summed E-state index contributed by atoms with van der Waals surface area (Å²) in [6.45, 7) is 1.41. The Morgan fingerprint density at radius 1 is 1.14 bits per heavy atom. The van der Waals surface area contributed by atoms with Crippen LogP contribution in [-0.4, -0.2) is 43.0 Å². The van der Waals surface area contributed by atoms with E-state index in [4.69, 9.17) is 4.74 Å². The fraction of sp³-hybridized carbons (Fsp3) is 0.250. The van der Waals surface area contributed by atoms with Gasteiger partial charge in [-0.2, -0.15) is 0 Å². The monoisotopic (exact) mass is 396 g/mol. The van der Waals surface area contributed by atoms with E-state index in [1.54, 1.807) is 16.2 Å². The van der Waals surface area contributed by atoms with Crippen molar-refractivity contribution in [3.05, 3.63) is 48.5 Å². The van der Waals surface area contributed by atoms with E-state index in [0.717, 1.165) is 15.3 Å². The number of fused-ring (bicyclic) bond motifs is 2. The van der Waals surface area contributed by atoms with Gasteiger partial charge in [0.1, 0.15) is 5.75 Å². The molecule has 1 aromatic heterocycles. The van der Waals surface area contributed by atoms with Crippen LogP contribution in [0.15, 0.2) is 48.5 Å². The van der Waals surface area contributed by atoms with E-state index in [1.165, 1.54) is 0 Å². The second-order valence-corrected chi connectivity index (χ2v) is 7.35. The van der Waals surface area contributed by atoms with Crippen LogP contribution < -0.4 is 20.3 Å². The smallest absolute Gasteiger partial charge is 0.265 e. The molecule has 1 aliphatic rings. The number of para-hydroxylation sites is 3. The number of aromatic nitrogens is 1. The quantitative estimate of drug-likeness (QED) is 0.600. The first-order chi connectivity index (χ1) is 13.7. The minimum Gasteiger partial charge on any atom is -0.482 e. The highest BCUT2D eigenvalue weighted by Gasteiger charge is 2.25. The average Bonchev–Trinajstić information content (AvgIpc) is 3.13. The fourth-order valence-corrected chi connectivity index (χ4v) is 3.91. The molecule has 0 unspecified atom stereocenters. The molecule has 0 bridgehead atoms. The third-order valence-corrected chi connectivity index (χ3v) is 5.38. The van der Waals surface area contributed by atoms with Crippen molar-refractivity contribution in [2.75, 3.05) is 36.5 Å². The zero-order valence-electron chi connectivity index (χ0n) is 15.2. The van der Waals surface area contributed by atoms with Crippen molar-refractivity contribution in [1.82, 2.24) is 10.3 Å². The minimum atomic E-state index is -0.135. The molecule has 2 N–H and O–H groups in total. The van der Waals surface area contributed by atoms with E-state index in [9.17, 15) is 9.59 Å². The van der Waals surface area contributed by atoms with Gasteiger partial charge >= 0.3 is 0 Å². The lowest BCUT2D eigenvalue weighted by molar-refractivity contribution is -0.122. The van der Waals surface area contributed by atoms with Crippen molar-refractivity contribution in [2.24, 2.45) is 0 Å². The SMILES string of the molecule is O=C(CCN1C(=O)COc2ccccc21)NCCNc1nc2ccccc2s1. The zero-order chi connectivity index (χ0) is 19.3. The van der Waals surface area contributed by atoms with Gasteiger partial charge in [0, 0.05) is 26.1 Å². The first-order valence-corrected chi connectivity index (χ1v) is 9.91. The van der Waals surface area contributed by atoms with Gasteiger partial charge in [0.25, 0.3) is 5.91 Å². The molecule has 0 saturated carbocycles. The third kappa shape index (κ3) is 4.07. The van der Waals surface area contributed by atoms with Gasteiger partial charge in [-0.3, -0.25) is 9.59 Å². The molecular formula is C20H20N4O3S. The summed E-state index contributed by atoms with van der Waals surface area (Å²) in [6, 6.07) is 15.3. The Hall–Kier alpha value is -3.13. The Morgan fingerprint density at radius 3 is 2.86 bits per heavy atom. The normalized spacial score (nSPS) is 13.1. The van der Waals surface area contributed by atoms with E-state index in [0.29, 0.717) is 31.1 Å². The molecule has 0 spiro atoms. The molecule has 4 rings (SSSR count). The highest BCUT2D eigenvalue weighted by atomic mass is 32.1. The number of hydrogen-bond acceptors (Lipinski definition) is 6. The zero-order valence-corrected chi connectivity index (χ0v) is 16.0. The number of carbonyl (C=O) groups is 2. The number of rotatable bonds is 7. The average molecular weight is 396 g/mol. The van der Waals surface area contributed by atoms with Gasteiger partial charge in [-0.15, -0.1) is 0 Å². The van der Waals surface area contributed by atoms with E-state index in [-0.39, 0.29) is 24.8 Å². The summed E-state index contributed by atoms with van der Waals surface area (Å²) >= 11 is 1.59. The number of nitrogens with one attached hydrogen (secondary N) is 2. The van der Waals surface area contributed by atoms with Crippen LogP contribution in [0.5, 0.6) is 5.75 Å². The lowest BCUT2D eigenvalue weighted by Crippen LogP contribution is -2.41. The molecule has 0 atom stereocenters. The number of hydrogen-bond donors (Lipinski definition) is 2. The molecule has 0 saturated heterocycles. The van der Waals surface area contributed by atoms with Gasteiger partial charge in [-0.25, -0.2) is 4.98 Å². The largest absolute Gasteiger partial charge is 0.482 e. The summed E-state index contributed by atoms with van der Waals surface area (Å²) in [5, 5.41) is 6.94. The van der Waals surface area contributed by atoms with Crippen molar-refractivity contribution >= 4 is 44.2 Å². The molecule has 0 fully saturated rings. The summed E-state index contributed by atoms with van der Waals surface area (Å²) in [6.07, 6.45) is 0.237. The molecular weight excluding hydrogens is 376 g/mol. The maximum Gasteiger partial charge on any atom is 0.265 e. The van der Waals surface area contributed by atoms with Crippen LogP contribution in [0.4, 0.5) is 10.8 Å². The highest BCUT2D eigenvalue weighted by Crippen LogP contribution is 2.31. The van der Waals surface area contributed by atoms with E-state index in [1.807, 2.05) is 48.5 Å². The summed E-state index contributed by atoms with van der Waals surface area (Å²) in [5.41, 5.74) is 1.68. The predicted octanol–water partition coefficient (Wildman–Crippen LogP) is 2.64. The van der Waals surface area contributed by atoms with Crippen LogP contribution in [0.1, 0.15) is 6.42 Å². The van der Waals surface area contributed by atoms with Crippen LogP contribution in [0.2, 0.25) is 0 Å². The molecule has 8 heteroatoms. The Kier molecular flexibility index (Phi) is 5.38. The van der Waals surface area contributed by atoms with Crippen LogP contribution in [-0.2, 0) is 9.59 Å². The number of amides is 2. The standard InChI is InChI=1S/C20H20N4O3S/c25-18(9-12-24-15-6-2-3-7-16(15)27-13-19(24)26)21-10-11-22-20-23-14-5-1-4-8-17(14)28-20/h1-8H,9-13H2,(H,21,25)(H,22,23). The molecule has 1 aliphatic heterocycles. The van der Waals surface area contributed by atoms with Crippen molar-refractivity contribution in [2.45, 2.75) is 6.42 Å². The summed E-state index contributed by atoms with van der Waals surface area (Å²) < 4.78 is 6.54. The Labute approximate surface area is 166 Å². The number of benzene rings is 2. The number of anilines is 2. The fourth-order valence-electron chi connectivity index (χ4n) is 3.02. The maximum absolute atomic E-state index is 12.1. The molecule has 2 aromatic carbocycles. The molecule has 2 heterocycles. The molecule has 144 valence electrons. The highest BCUT2D eigenvalue weighted by molar-refractivity contribution is 7.22. The molecule has 7 nitrogen and oxygen atoms in total. The minimum absolute atomic E-state index is 0.00468. The molecule has 0 radical (unpaired) electrons. The van der Waals surface area contributed by atoms with Crippen molar-refractivity contribution in [3.8, 4) is 5.75 Å². The van der Waals surface area contributed by atoms with Crippen molar-refractivity contribution in [3.63, 3.8) is 0 Å². The second-order valence-electron chi connectivity index (χ2n) is 6.32. The Bertz CT molecular complexity index is 971. The Morgan fingerprint density at radius 2 is 1.96 bits per heavy atom. The summed E-state index contributed by atoms with van der Waals surface area (Å²) in [4.78, 5) is 30.4.